The Balaban J connectivity index is 1.69. The molecule has 0 amide bonds. The van der Waals surface area contributed by atoms with Gasteiger partial charge in [0.15, 0.2) is 11.3 Å². The lowest BCUT2D eigenvalue weighted by molar-refractivity contribution is -0.140. The maximum absolute atomic E-state index is 12.3. The first-order valence-corrected chi connectivity index (χ1v) is 8.45. The summed E-state index contributed by atoms with van der Waals surface area (Å²) in [6.07, 6.45) is 3.67. The topological polar surface area (TPSA) is 60.7 Å². The molecule has 3 aromatic rings. The second-order valence-corrected chi connectivity index (χ2v) is 6.22. The van der Waals surface area contributed by atoms with E-state index in [-0.39, 0.29) is 10.9 Å². The first-order valence-electron chi connectivity index (χ1n) is 8.08. The third-order valence-electron chi connectivity index (χ3n) is 3.90. The zero-order valence-electron chi connectivity index (χ0n) is 14.3. The van der Waals surface area contributed by atoms with Gasteiger partial charge in [0, 0.05) is 17.8 Å². The van der Waals surface area contributed by atoms with Gasteiger partial charge in [-0.05, 0) is 32.1 Å². The molecule has 0 aliphatic heterocycles. The van der Waals surface area contributed by atoms with E-state index in [9.17, 15) is 9.59 Å². The number of ether oxygens (including phenoxy) is 1. The molecule has 2 aromatic heterocycles. The van der Waals surface area contributed by atoms with Crippen LogP contribution in [0.1, 0.15) is 28.5 Å². The molecule has 0 bridgehead atoms. The Morgan fingerprint density at radius 2 is 1.92 bits per heavy atom. The molecule has 3 rings (SSSR count). The largest absolute Gasteiger partial charge is 0.451 e. The molecule has 6 heteroatoms. The van der Waals surface area contributed by atoms with Crippen molar-refractivity contribution >= 4 is 35.1 Å². The van der Waals surface area contributed by atoms with Gasteiger partial charge in [-0.15, -0.1) is 0 Å². The van der Waals surface area contributed by atoms with Crippen LogP contribution < -0.4 is 0 Å². The van der Waals surface area contributed by atoms with E-state index in [0.717, 1.165) is 5.56 Å². The van der Waals surface area contributed by atoms with E-state index in [1.165, 1.54) is 12.2 Å². The molecule has 0 unspecified atom stereocenters. The minimum Gasteiger partial charge on any atom is -0.451 e. The molecular formula is C20H17ClN2O3. The van der Waals surface area contributed by atoms with Crippen molar-refractivity contribution in [2.24, 2.45) is 0 Å². The number of rotatable bonds is 5. The highest BCUT2D eigenvalue weighted by Gasteiger charge is 2.18. The van der Waals surface area contributed by atoms with Crippen LogP contribution in [0.2, 0.25) is 5.15 Å². The third-order valence-corrected chi connectivity index (χ3v) is 4.18. The van der Waals surface area contributed by atoms with Gasteiger partial charge in [-0.25, -0.2) is 9.78 Å². The van der Waals surface area contributed by atoms with Crippen LogP contribution in [0.15, 0.2) is 54.7 Å². The quantitative estimate of drug-likeness (QED) is 0.386. The summed E-state index contributed by atoms with van der Waals surface area (Å²) in [4.78, 5) is 28.6. The molecule has 0 saturated heterocycles. The predicted molar refractivity (Wildman–Crippen MR) is 100 cm³/mol. The molecular weight excluding hydrogens is 352 g/mol. The molecule has 0 saturated carbocycles. The van der Waals surface area contributed by atoms with E-state index in [4.69, 9.17) is 16.3 Å². The fraction of sp³-hybridized carbons (Fsp3) is 0.150. The van der Waals surface area contributed by atoms with Crippen LogP contribution >= 0.6 is 11.6 Å². The number of hydrogen-bond donors (Lipinski definition) is 0. The molecule has 5 nitrogen and oxygen atoms in total. The van der Waals surface area contributed by atoms with E-state index < -0.39 is 12.1 Å². The number of Topliss-reactive ketones (excluding diaryl/α,β-unsaturated/α-hetero) is 1. The third kappa shape index (κ3) is 3.83. The average Bonchev–Trinajstić information content (AvgIpc) is 2.95. The monoisotopic (exact) mass is 368 g/mol. The Hall–Kier alpha value is -2.92. The van der Waals surface area contributed by atoms with Crippen molar-refractivity contribution in [1.82, 2.24) is 9.38 Å². The fourth-order valence-corrected chi connectivity index (χ4v) is 2.74. The Kier molecular flexibility index (Phi) is 5.19. The zero-order valence-corrected chi connectivity index (χ0v) is 15.1. The summed E-state index contributed by atoms with van der Waals surface area (Å²) in [6.45, 7) is 3.49. The number of carbonyl (C=O) groups is 2. The van der Waals surface area contributed by atoms with Gasteiger partial charge in [0.25, 0.3) is 0 Å². The highest BCUT2D eigenvalue weighted by molar-refractivity contribution is 6.31. The van der Waals surface area contributed by atoms with Crippen LogP contribution in [0.25, 0.3) is 11.7 Å². The Bertz CT molecular complexity index is 990. The number of halogens is 1. The fourth-order valence-electron chi connectivity index (χ4n) is 2.50. The zero-order chi connectivity index (χ0) is 18.7. The van der Waals surface area contributed by atoms with E-state index in [1.54, 1.807) is 29.7 Å². The first kappa shape index (κ1) is 17.9. The molecule has 1 aromatic carbocycles. The van der Waals surface area contributed by atoms with Gasteiger partial charge in [0.1, 0.15) is 5.65 Å². The van der Waals surface area contributed by atoms with Crippen LogP contribution in [0.5, 0.6) is 0 Å². The number of hydrogen-bond acceptors (Lipinski definition) is 4. The summed E-state index contributed by atoms with van der Waals surface area (Å²) in [6, 6.07) is 12.6. The SMILES string of the molecule is Cc1ccc(C(=O)[C@@H](C)OC(=O)/C=C/c2c(Cl)nc3ccccn23)cc1. The Morgan fingerprint density at radius 1 is 1.19 bits per heavy atom. The minimum absolute atomic E-state index is 0.250. The summed E-state index contributed by atoms with van der Waals surface area (Å²) in [5.41, 5.74) is 2.80. The van der Waals surface area contributed by atoms with Crippen molar-refractivity contribution in [1.29, 1.82) is 0 Å². The molecule has 1 atom stereocenters. The lowest BCUT2D eigenvalue weighted by Gasteiger charge is -2.11. The summed E-state index contributed by atoms with van der Waals surface area (Å²) in [5, 5.41) is 0.282. The van der Waals surface area contributed by atoms with E-state index in [0.29, 0.717) is 16.9 Å². The number of ketones is 1. The molecule has 132 valence electrons. The van der Waals surface area contributed by atoms with Crippen LogP contribution in [0.3, 0.4) is 0 Å². The van der Waals surface area contributed by atoms with Crippen LogP contribution in [-0.2, 0) is 9.53 Å². The standard InChI is InChI=1S/C20H17ClN2O3/c1-13-6-8-15(9-7-13)19(25)14(2)26-18(24)11-10-16-20(21)22-17-5-3-4-12-23(16)17/h3-12,14H,1-2H3/b11-10+/t14-/m1/s1. The van der Waals surface area contributed by atoms with Crippen molar-refractivity contribution in [3.63, 3.8) is 0 Å². The molecule has 0 radical (unpaired) electrons. The van der Waals surface area contributed by atoms with Gasteiger partial charge >= 0.3 is 5.97 Å². The molecule has 0 fully saturated rings. The Labute approximate surface area is 155 Å². The van der Waals surface area contributed by atoms with Crippen molar-refractivity contribution in [2.45, 2.75) is 20.0 Å². The van der Waals surface area contributed by atoms with Crippen LogP contribution in [0.4, 0.5) is 0 Å². The molecule has 0 aliphatic carbocycles. The molecule has 0 aliphatic rings. The second-order valence-electron chi connectivity index (χ2n) is 5.86. The smallest absolute Gasteiger partial charge is 0.331 e. The normalized spacial score (nSPS) is 12.4. The van der Waals surface area contributed by atoms with Crippen LogP contribution in [0, 0.1) is 6.92 Å². The summed E-state index contributed by atoms with van der Waals surface area (Å²) >= 11 is 6.11. The highest BCUT2D eigenvalue weighted by atomic mass is 35.5. The summed E-state index contributed by atoms with van der Waals surface area (Å²) < 4.78 is 6.96. The van der Waals surface area contributed by atoms with Gasteiger partial charge < -0.3 is 4.74 Å². The number of nitrogens with zero attached hydrogens (tertiary/aromatic N) is 2. The maximum Gasteiger partial charge on any atom is 0.331 e. The number of fused-ring (bicyclic) bond motifs is 1. The molecule has 0 N–H and O–H groups in total. The van der Waals surface area contributed by atoms with Gasteiger partial charge in [-0.2, -0.15) is 0 Å². The van der Waals surface area contributed by atoms with Crippen molar-refractivity contribution in [3.8, 4) is 0 Å². The summed E-state index contributed by atoms with van der Waals surface area (Å²) in [7, 11) is 0. The van der Waals surface area contributed by atoms with E-state index >= 15 is 0 Å². The molecule has 2 heterocycles. The average molecular weight is 369 g/mol. The van der Waals surface area contributed by atoms with Crippen LogP contribution in [-0.4, -0.2) is 27.2 Å². The number of benzene rings is 1. The number of carbonyl (C=O) groups excluding carboxylic acids is 2. The van der Waals surface area contributed by atoms with Gasteiger partial charge in [0.2, 0.25) is 5.78 Å². The van der Waals surface area contributed by atoms with Gasteiger partial charge in [0.05, 0.1) is 5.69 Å². The lowest BCUT2D eigenvalue weighted by atomic mass is 10.1. The van der Waals surface area contributed by atoms with Gasteiger partial charge in [-0.1, -0.05) is 47.5 Å². The number of esters is 1. The molecule has 0 spiro atoms. The number of aromatic nitrogens is 2. The Morgan fingerprint density at radius 3 is 2.65 bits per heavy atom. The first-order chi connectivity index (χ1) is 12.5. The van der Waals surface area contributed by atoms with Gasteiger partial charge in [-0.3, -0.25) is 9.20 Å². The predicted octanol–water partition coefficient (Wildman–Crippen LogP) is 4.12. The van der Waals surface area contributed by atoms with E-state index in [1.807, 2.05) is 37.3 Å². The maximum atomic E-state index is 12.3. The highest BCUT2D eigenvalue weighted by Crippen LogP contribution is 2.19. The van der Waals surface area contributed by atoms with Crippen molar-refractivity contribution in [3.05, 3.63) is 76.7 Å². The lowest BCUT2D eigenvalue weighted by Crippen LogP contribution is -2.23. The summed E-state index contributed by atoms with van der Waals surface area (Å²) in [5.74, 6) is -0.875. The van der Waals surface area contributed by atoms with E-state index in [2.05, 4.69) is 4.98 Å². The second kappa shape index (κ2) is 7.54. The number of pyridine rings is 1. The minimum atomic E-state index is -0.882. The van der Waals surface area contributed by atoms with Crippen molar-refractivity contribution in [2.75, 3.05) is 0 Å². The number of aryl methyl sites for hydroxylation is 1. The van der Waals surface area contributed by atoms with Crippen molar-refractivity contribution < 1.29 is 14.3 Å². The number of imidazole rings is 1. The molecule has 26 heavy (non-hydrogen) atoms.